The van der Waals surface area contributed by atoms with Crippen molar-refractivity contribution in [2.24, 2.45) is 0 Å². The van der Waals surface area contributed by atoms with Crippen molar-refractivity contribution in [1.82, 2.24) is 0 Å². The summed E-state index contributed by atoms with van der Waals surface area (Å²) >= 11 is 0. The van der Waals surface area contributed by atoms with E-state index in [4.69, 9.17) is 14.6 Å². The summed E-state index contributed by atoms with van der Waals surface area (Å²) in [5.41, 5.74) is 1.34. The SMILES string of the molecule is O=C(O)COc1ccc(/C=C2/COc3c(F)cccc3C2=O)cc1. The van der Waals surface area contributed by atoms with E-state index in [-0.39, 0.29) is 23.7 Å². The van der Waals surface area contributed by atoms with Gasteiger partial charge in [0, 0.05) is 5.57 Å². The first-order chi connectivity index (χ1) is 11.5. The van der Waals surface area contributed by atoms with Gasteiger partial charge >= 0.3 is 5.97 Å². The van der Waals surface area contributed by atoms with E-state index in [0.717, 1.165) is 5.56 Å². The van der Waals surface area contributed by atoms with E-state index in [9.17, 15) is 14.0 Å². The van der Waals surface area contributed by atoms with Crippen molar-refractivity contribution >= 4 is 17.8 Å². The molecule has 5 nitrogen and oxygen atoms in total. The molecule has 0 saturated heterocycles. The van der Waals surface area contributed by atoms with Crippen LogP contribution in [0.2, 0.25) is 0 Å². The van der Waals surface area contributed by atoms with Crippen LogP contribution in [0, 0.1) is 5.82 Å². The number of carboxylic acids is 1. The fourth-order valence-corrected chi connectivity index (χ4v) is 2.34. The summed E-state index contributed by atoms with van der Waals surface area (Å²) in [6.07, 6.45) is 1.65. The second-order valence-corrected chi connectivity index (χ2v) is 5.16. The van der Waals surface area contributed by atoms with Gasteiger partial charge in [-0.1, -0.05) is 18.2 Å². The lowest BCUT2D eigenvalue weighted by Gasteiger charge is -2.19. The zero-order chi connectivity index (χ0) is 17.1. The minimum absolute atomic E-state index is 0.00989. The number of hydrogen-bond acceptors (Lipinski definition) is 4. The Morgan fingerprint density at radius 2 is 2.00 bits per heavy atom. The highest BCUT2D eigenvalue weighted by molar-refractivity contribution is 6.14. The number of carbonyl (C=O) groups is 2. The topological polar surface area (TPSA) is 72.8 Å². The monoisotopic (exact) mass is 328 g/mol. The largest absolute Gasteiger partial charge is 0.485 e. The van der Waals surface area contributed by atoms with Crippen LogP contribution in [-0.4, -0.2) is 30.1 Å². The van der Waals surface area contributed by atoms with Gasteiger partial charge in [0.15, 0.2) is 24.0 Å². The highest BCUT2D eigenvalue weighted by atomic mass is 19.1. The molecule has 3 rings (SSSR count). The summed E-state index contributed by atoms with van der Waals surface area (Å²) in [5.74, 6) is -1.49. The smallest absolute Gasteiger partial charge is 0.341 e. The maximum absolute atomic E-state index is 13.6. The number of para-hydroxylation sites is 1. The fraction of sp³-hybridized carbons (Fsp3) is 0.111. The lowest BCUT2D eigenvalue weighted by Crippen LogP contribution is -2.19. The molecule has 1 heterocycles. The number of aliphatic carboxylic acids is 1. The molecule has 0 aromatic heterocycles. The second kappa shape index (κ2) is 6.54. The van der Waals surface area contributed by atoms with Gasteiger partial charge in [-0.2, -0.15) is 0 Å². The molecule has 0 radical (unpaired) electrons. The van der Waals surface area contributed by atoms with Gasteiger partial charge < -0.3 is 14.6 Å². The van der Waals surface area contributed by atoms with Crippen molar-refractivity contribution < 1.29 is 28.6 Å². The fourth-order valence-electron chi connectivity index (χ4n) is 2.34. The third-order valence-electron chi connectivity index (χ3n) is 3.46. The molecule has 0 aliphatic carbocycles. The third kappa shape index (κ3) is 3.27. The van der Waals surface area contributed by atoms with E-state index in [1.54, 1.807) is 30.3 Å². The Kier molecular flexibility index (Phi) is 4.29. The van der Waals surface area contributed by atoms with E-state index >= 15 is 0 Å². The number of carbonyl (C=O) groups excluding carboxylic acids is 1. The molecule has 2 aromatic carbocycles. The highest BCUT2D eigenvalue weighted by Crippen LogP contribution is 2.30. The number of rotatable bonds is 4. The van der Waals surface area contributed by atoms with Crippen LogP contribution in [0.1, 0.15) is 15.9 Å². The summed E-state index contributed by atoms with van der Waals surface area (Å²) < 4.78 is 24.0. The number of fused-ring (bicyclic) bond motifs is 1. The summed E-state index contributed by atoms with van der Waals surface area (Å²) in [5, 5.41) is 8.56. The number of hydrogen-bond donors (Lipinski definition) is 1. The zero-order valence-electron chi connectivity index (χ0n) is 12.5. The molecule has 0 unspecified atom stereocenters. The molecule has 0 bridgehead atoms. The van der Waals surface area contributed by atoms with Gasteiger partial charge in [0.05, 0.1) is 5.56 Å². The van der Waals surface area contributed by atoms with Gasteiger partial charge in [0.25, 0.3) is 0 Å². The van der Waals surface area contributed by atoms with Gasteiger partial charge in [0.1, 0.15) is 12.4 Å². The maximum atomic E-state index is 13.6. The molecule has 0 spiro atoms. The first-order valence-electron chi connectivity index (χ1n) is 7.16. The normalized spacial score (nSPS) is 14.9. The molecular weight excluding hydrogens is 315 g/mol. The molecule has 1 aliphatic heterocycles. The Morgan fingerprint density at radius 3 is 2.71 bits per heavy atom. The molecule has 1 aliphatic rings. The Labute approximate surface area is 136 Å². The number of carboxylic acid groups (broad SMARTS) is 1. The average molecular weight is 328 g/mol. The number of Topliss-reactive ketones (excluding diaryl/α,β-unsaturated/α-hetero) is 1. The van der Waals surface area contributed by atoms with Crippen LogP contribution < -0.4 is 9.47 Å². The van der Waals surface area contributed by atoms with Crippen molar-refractivity contribution in [1.29, 1.82) is 0 Å². The third-order valence-corrected chi connectivity index (χ3v) is 3.46. The van der Waals surface area contributed by atoms with Crippen LogP contribution >= 0.6 is 0 Å². The predicted octanol–water partition coefficient (Wildman–Crippen LogP) is 2.95. The molecule has 6 heteroatoms. The van der Waals surface area contributed by atoms with Crippen molar-refractivity contribution in [2.75, 3.05) is 13.2 Å². The van der Waals surface area contributed by atoms with Crippen molar-refractivity contribution in [3.05, 3.63) is 65.0 Å². The molecule has 122 valence electrons. The summed E-state index contributed by atoms with van der Waals surface area (Å²) in [7, 11) is 0. The zero-order valence-corrected chi connectivity index (χ0v) is 12.5. The Balaban J connectivity index is 1.79. The van der Waals surface area contributed by atoms with E-state index < -0.39 is 18.4 Å². The molecule has 0 saturated carbocycles. The second-order valence-electron chi connectivity index (χ2n) is 5.16. The van der Waals surface area contributed by atoms with Crippen LogP contribution in [0.25, 0.3) is 6.08 Å². The summed E-state index contributed by atoms with van der Waals surface area (Å²) in [6.45, 7) is -0.431. The standard InChI is InChI=1S/C18H13FO5/c19-15-3-1-2-14-17(22)12(9-24-18(14)15)8-11-4-6-13(7-5-11)23-10-16(20)21/h1-8H,9-10H2,(H,20,21)/b12-8-. The van der Waals surface area contributed by atoms with Gasteiger partial charge in [-0.3, -0.25) is 4.79 Å². The van der Waals surface area contributed by atoms with Crippen LogP contribution in [0.4, 0.5) is 4.39 Å². The minimum atomic E-state index is -1.06. The van der Waals surface area contributed by atoms with Crippen LogP contribution in [0.15, 0.2) is 48.0 Å². The molecule has 0 fully saturated rings. The van der Waals surface area contributed by atoms with E-state index in [0.29, 0.717) is 11.3 Å². The van der Waals surface area contributed by atoms with Gasteiger partial charge in [-0.25, -0.2) is 9.18 Å². The van der Waals surface area contributed by atoms with Gasteiger partial charge in [-0.15, -0.1) is 0 Å². The van der Waals surface area contributed by atoms with Gasteiger partial charge in [0.2, 0.25) is 0 Å². The van der Waals surface area contributed by atoms with Crippen LogP contribution in [0.5, 0.6) is 11.5 Å². The van der Waals surface area contributed by atoms with Crippen LogP contribution in [0.3, 0.4) is 0 Å². The Bertz CT molecular complexity index is 824. The number of ketones is 1. The molecule has 24 heavy (non-hydrogen) atoms. The maximum Gasteiger partial charge on any atom is 0.341 e. The number of benzene rings is 2. The molecule has 1 N–H and O–H groups in total. The Hall–Kier alpha value is -3.15. The highest BCUT2D eigenvalue weighted by Gasteiger charge is 2.25. The van der Waals surface area contributed by atoms with E-state index in [1.165, 1.54) is 18.2 Å². The van der Waals surface area contributed by atoms with E-state index in [1.807, 2.05) is 0 Å². The quantitative estimate of drug-likeness (QED) is 0.874. The van der Waals surface area contributed by atoms with Crippen LogP contribution in [-0.2, 0) is 4.79 Å². The number of halogens is 1. The molecule has 2 aromatic rings. The first kappa shape index (κ1) is 15.7. The van der Waals surface area contributed by atoms with Crippen molar-refractivity contribution in [3.63, 3.8) is 0 Å². The summed E-state index contributed by atoms with van der Waals surface area (Å²) in [6, 6.07) is 10.8. The molecular formula is C18H13FO5. The Morgan fingerprint density at radius 1 is 1.25 bits per heavy atom. The summed E-state index contributed by atoms with van der Waals surface area (Å²) in [4.78, 5) is 22.9. The predicted molar refractivity (Wildman–Crippen MR) is 83.8 cm³/mol. The van der Waals surface area contributed by atoms with Gasteiger partial charge in [-0.05, 0) is 35.9 Å². The van der Waals surface area contributed by atoms with Crippen molar-refractivity contribution in [3.8, 4) is 11.5 Å². The van der Waals surface area contributed by atoms with Crippen molar-refractivity contribution in [2.45, 2.75) is 0 Å². The lowest BCUT2D eigenvalue weighted by atomic mass is 9.98. The lowest BCUT2D eigenvalue weighted by molar-refractivity contribution is -0.139. The number of ether oxygens (including phenoxy) is 2. The molecule has 0 amide bonds. The first-order valence-corrected chi connectivity index (χ1v) is 7.16. The van der Waals surface area contributed by atoms with E-state index in [2.05, 4.69) is 0 Å². The molecule has 0 atom stereocenters. The minimum Gasteiger partial charge on any atom is -0.485 e. The average Bonchev–Trinajstić information content (AvgIpc) is 2.57.